The van der Waals surface area contributed by atoms with Gasteiger partial charge in [0.1, 0.15) is 0 Å². The highest BCUT2D eigenvalue weighted by molar-refractivity contribution is 7.09. The lowest BCUT2D eigenvalue weighted by atomic mass is 10.5. The summed E-state index contributed by atoms with van der Waals surface area (Å²) in [7, 11) is 0. The zero-order valence-corrected chi connectivity index (χ0v) is 9.14. The van der Waals surface area contributed by atoms with Crippen molar-refractivity contribution >= 4 is 11.3 Å². The molecule has 1 N–H and O–H groups in total. The largest absolute Gasteiger partial charge is 0.379 e. The van der Waals surface area contributed by atoms with Crippen LogP contribution in [0.25, 0.3) is 0 Å². The van der Waals surface area contributed by atoms with Gasteiger partial charge in [-0.25, -0.2) is 15.4 Å². The van der Waals surface area contributed by atoms with E-state index in [1.165, 1.54) is 0 Å². The lowest BCUT2D eigenvalue weighted by Gasteiger charge is -2.26. The van der Waals surface area contributed by atoms with Gasteiger partial charge in [-0.05, 0) is 6.92 Å². The molecular formula is C9H15N3OS. The van der Waals surface area contributed by atoms with Gasteiger partial charge in [0.05, 0.1) is 30.5 Å². The predicted molar refractivity (Wildman–Crippen MR) is 56.1 cm³/mol. The minimum absolute atomic E-state index is 0.823. The van der Waals surface area contributed by atoms with Crippen LogP contribution in [-0.2, 0) is 11.3 Å². The van der Waals surface area contributed by atoms with Gasteiger partial charge < -0.3 is 4.74 Å². The van der Waals surface area contributed by atoms with E-state index in [1.54, 1.807) is 11.3 Å². The molecular weight excluding hydrogens is 198 g/mol. The van der Waals surface area contributed by atoms with Crippen LogP contribution in [0.1, 0.15) is 10.7 Å². The highest BCUT2D eigenvalue weighted by atomic mass is 32.1. The van der Waals surface area contributed by atoms with Crippen LogP contribution >= 0.6 is 11.3 Å². The van der Waals surface area contributed by atoms with Crippen molar-refractivity contribution in [3.63, 3.8) is 0 Å². The van der Waals surface area contributed by atoms with Crippen LogP contribution in [0.5, 0.6) is 0 Å². The summed E-state index contributed by atoms with van der Waals surface area (Å²) in [5.41, 5.74) is 4.47. The Kier molecular flexibility index (Phi) is 3.47. The Balaban J connectivity index is 1.76. The van der Waals surface area contributed by atoms with Gasteiger partial charge in [-0.1, -0.05) is 0 Å². The highest BCUT2D eigenvalue weighted by Crippen LogP contribution is 2.07. The average Bonchev–Trinajstić information content (AvgIpc) is 2.63. The van der Waals surface area contributed by atoms with Crippen molar-refractivity contribution in [3.8, 4) is 0 Å². The maximum atomic E-state index is 5.26. The van der Waals surface area contributed by atoms with Crippen LogP contribution in [0, 0.1) is 6.92 Å². The Morgan fingerprint density at radius 1 is 1.57 bits per heavy atom. The van der Waals surface area contributed by atoms with Crippen molar-refractivity contribution in [1.82, 2.24) is 15.4 Å². The molecule has 0 amide bonds. The fourth-order valence-corrected chi connectivity index (χ4v) is 2.02. The Hall–Kier alpha value is -0.490. The summed E-state index contributed by atoms with van der Waals surface area (Å²) in [5.74, 6) is 0. The van der Waals surface area contributed by atoms with Crippen molar-refractivity contribution in [2.45, 2.75) is 13.5 Å². The molecule has 0 bridgehead atoms. The number of nitrogens with zero attached hydrogens (tertiary/aromatic N) is 2. The summed E-state index contributed by atoms with van der Waals surface area (Å²) in [6.07, 6.45) is 0. The third-order valence-electron chi connectivity index (χ3n) is 2.16. The van der Waals surface area contributed by atoms with Gasteiger partial charge in [0.15, 0.2) is 0 Å². The molecule has 2 heterocycles. The number of hydrogen-bond donors (Lipinski definition) is 1. The standard InChI is InChI=1S/C9H15N3OS/c1-8-11-9(7-14-8)6-10-12-2-4-13-5-3-12/h7,10H,2-6H2,1H3. The molecule has 0 saturated carbocycles. The number of nitrogens with one attached hydrogen (secondary N) is 1. The van der Waals surface area contributed by atoms with E-state index >= 15 is 0 Å². The molecule has 0 spiro atoms. The number of morpholine rings is 1. The van der Waals surface area contributed by atoms with E-state index in [2.05, 4.69) is 20.8 Å². The van der Waals surface area contributed by atoms with Gasteiger partial charge in [0.2, 0.25) is 0 Å². The third kappa shape index (κ3) is 2.75. The first-order valence-corrected chi connectivity index (χ1v) is 5.70. The molecule has 0 aliphatic carbocycles. The van der Waals surface area contributed by atoms with Crippen LogP contribution in [0.15, 0.2) is 5.38 Å². The zero-order chi connectivity index (χ0) is 9.80. The molecule has 0 atom stereocenters. The molecule has 0 unspecified atom stereocenters. The van der Waals surface area contributed by atoms with Crippen molar-refractivity contribution in [1.29, 1.82) is 0 Å². The monoisotopic (exact) mass is 213 g/mol. The number of hydrazine groups is 1. The maximum absolute atomic E-state index is 5.26. The second-order valence-corrected chi connectivity index (χ2v) is 4.35. The van der Waals surface area contributed by atoms with Crippen molar-refractivity contribution < 1.29 is 4.74 Å². The lowest BCUT2D eigenvalue weighted by molar-refractivity contribution is 0.0104. The summed E-state index contributed by atoms with van der Waals surface area (Å²) in [6, 6.07) is 0. The summed E-state index contributed by atoms with van der Waals surface area (Å²) in [5, 5.41) is 5.42. The van der Waals surface area contributed by atoms with E-state index in [0.29, 0.717) is 0 Å². The smallest absolute Gasteiger partial charge is 0.0897 e. The highest BCUT2D eigenvalue weighted by Gasteiger charge is 2.09. The van der Waals surface area contributed by atoms with Gasteiger partial charge in [-0.3, -0.25) is 0 Å². The predicted octanol–water partition coefficient (Wildman–Crippen LogP) is 0.788. The van der Waals surface area contributed by atoms with Gasteiger partial charge in [0, 0.05) is 18.5 Å². The zero-order valence-electron chi connectivity index (χ0n) is 8.32. The molecule has 0 radical (unpaired) electrons. The van der Waals surface area contributed by atoms with Crippen LogP contribution in [0.4, 0.5) is 0 Å². The fraction of sp³-hybridized carbons (Fsp3) is 0.667. The van der Waals surface area contributed by atoms with Gasteiger partial charge in [0.25, 0.3) is 0 Å². The number of aryl methyl sites for hydroxylation is 1. The summed E-state index contributed by atoms with van der Waals surface area (Å²) in [4.78, 5) is 4.39. The van der Waals surface area contributed by atoms with Gasteiger partial charge >= 0.3 is 0 Å². The second-order valence-electron chi connectivity index (χ2n) is 3.29. The molecule has 1 aliphatic heterocycles. The van der Waals surface area contributed by atoms with E-state index in [-0.39, 0.29) is 0 Å². The fourth-order valence-electron chi connectivity index (χ4n) is 1.40. The van der Waals surface area contributed by atoms with E-state index in [1.807, 2.05) is 6.92 Å². The Morgan fingerprint density at radius 2 is 2.36 bits per heavy atom. The van der Waals surface area contributed by atoms with E-state index in [4.69, 9.17) is 4.74 Å². The maximum Gasteiger partial charge on any atom is 0.0897 e. The first-order chi connectivity index (χ1) is 6.84. The Labute approximate surface area is 87.9 Å². The van der Waals surface area contributed by atoms with E-state index < -0.39 is 0 Å². The Bertz CT molecular complexity index is 283. The van der Waals surface area contributed by atoms with Crippen LogP contribution in [0.2, 0.25) is 0 Å². The summed E-state index contributed by atoms with van der Waals surface area (Å²) >= 11 is 1.70. The number of rotatable bonds is 3. The average molecular weight is 213 g/mol. The molecule has 1 aliphatic rings. The first-order valence-electron chi connectivity index (χ1n) is 4.82. The number of thiazole rings is 1. The third-order valence-corrected chi connectivity index (χ3v) is 2.98. The molecule has 1 aromatic heterocycles. The number of hydrogen-bond acceptors (Lipinski definition) is 5. The lowest BCUT2D eigenvalue weighted by Crippen LogP contribution is -2.45. The summed E-state index contributed by atoms with van der Waals surface area (Å²) in [6.45, 7) is 6.42. The van der Waals surface area contributed by atoms with Crippen molar-refractivity contribution in [3.05, 3.63) is 16.1 Å². The van der Waals surface area contributed by atoms with Crippen LogP contribution in [-0.4, -0.2) is 36.3 Å². The van der Waals surface area contributed by atoms with Gasteiger partial charge in [-0.15, -0.1) is 11.3 Å². The molecule has 1 fully saturated rings. The van der Waals surface area contributed by atoms with Crippen LogP contribution in [0.3, 0.4) is 0 Å². The first kappa shape index (κ1) is 10.0. The topological polar surface area (TPSA) is 37.4 Å². The van der Waals surface area contributed by atoms with E-state index in [0.717, 1.165) is 43.5 Å². The molecule has 1 aromatic rings. The molecule has 5 heteroatoms. The SMILES string of the molecule is Cc1nc(CNN2CCOCC2)cs1. The molecule has 2 rings (SSSR count). The molecule has 0 aromatic carbocycles. The number of ether oxygens (including phenoxy) is 1. The number of aromatic nitrogens is 1. The van der Waals surface area contributed by atoms with E-state index in [9.17, 15) is 0 Å². The van der Waals surface area contributed by atoms with Crippen LogP contribution < -0.4 is 5.43 Å². The Morgan fingerprint density at radius 3 is 3.00 bits per heavy atom. The van der Waals surface area contributed by atoms with Gasteiger partial charge in [-0.2, -0.15) is 0 Å². The minimum atomic E-state index is 0.823. The summed E-state index contributed by atoms with van der Waals surface area (Å²) < 4.78 is 5.26. The quantitative estimate of drug-likeness (QED) is 0.805. The minimum Gasteiger partial charge on any atom is -0.379 e. The molecule has 78 valence electrons. The molecule has 4 nitrogen and oxygen atoms in total. The molecule has 14 heavy (non-hydrogen) atoms. The van der Waals surface area contributed by atoms with Crippen molar-refractivity contribution in [2.24, 2.45) is 0 Å². The molecule has 1 saturated heterocycles. The normalized spacial score (nSPS) is 18.6. The second kappa shape index (κ2) is 4.84. The van der Waals surface area contributed by atoms with Crippen molar-refractivity contribution in [2.75, 3.05) is 26.3 Å².